The van der Waals surface area contributed by atoms with Crippen LogP contribution in [0.25, 0.3) is 0 Å². The van der Waals surface area contributed by atoms with Gasteiger partial charge in [0.1, 0.15) is 6.61 Å². The van der Waals surface area contributed by atoms with E-state index in [0.29, 0.717) is 18.0 Å². The molecule has 2 heterocycles. The number of benzene rings is 1. The predicted molar refractivity (Wildman–Crippen MR) is 79.9 cm³/mol. The molecule has 2 aromatic rings. The number of thiazole rings is 1. The fourth-order valence-electron chi connectivity index (χ4n) is 2.10. The topological polar surface area (TPSA) is 60.5 Å². The molecule has 110 valence electrons. The van der Waals surface area contributed by atoms with E-state index >= 15 is 0 Å². The van der Waals surface area contributed by atoms with E-state index in [1.165, 1.54) is 0 Å². The molecule has 3 rings (SSSR count). The first-order valence-corrected chi connectivity index (χ1v) is 7.67. The first kappa shape index (κ1) is 13.9. The number of rotatable bonds is 4. The summed E-state index contributed by atoms with van der Waals surface area (Å²) in [5.41, 5.74) is 1.00. The molecule has 1 aromatic heterocycles. The third-order valence-corrected chi connectivity index (χ3v) is 3.97. The van der Waals surface area contributed by atoms with Crippen LogP contribution in [0.3, 0.4) is 0 Å². The normalized spacial score (nSPS) is 16.5. The number of amides is 1. The monoisotopic (exact) mass is 304 g/mol. The zero-order valence-corrected chi connectivity index (χ0v) is 12.5. The van der Waals surface area contributed by atoms with Gasteiger partial charge in [-0.25, -0.2) is 4.98 Å². The Balaban J connectivity index is 1.50. The van der Waals surface area contributed by atoms with Crippen molar-refractivity contribution in [3.8, 4) is 11.5 Å². The van der Waals surface area contributed by atoms with E-state index in [9.17, 15) is 4.79 Å². The molecule has 0 spiro atoms. The minimum Gasteiger partial charge on any atom is -0.485 e. The van der Waals surface area contributed by atoms with Gasteiger partial charge in [0.15, 0.2) is 11.5 Å². The second kappa shape index (κ2) is 6.13. The standard InChI is InChI=1S/C15H16N2O3S/c1-10-17-11(9-21-10)6-7-16-15(18)14-8-19-12-4-2-3-5-13(12)20-14/h2-5,9,14H,6-8H2,1H3,(H,16,18)/t14-/m1/s1. The molecule has 0 saturated carbocycles. The Kier molecular flexibility index (Phi) is 4.06. The lowest BCUT2D eigenvalue weighted by atomic mass is 10.2. The van der Waals surface area contributed by atoms with Gasteiger partial charge in [-0.3, -0.25) is 4.79 Å². The highest BCUT2D eigenvalue weighted by molar-refractivity contribution is 7.09. The molecule has 21 heavy (non-hydrogen) atoms. The highest BCUT2D eigenvalue weighted by atomic mass is 32.1. The maximum atomic E-state index is 12.1. The van der Waals surface area contributed by atoms with Gasteiger partial charge in [0, 0.05) is 18.3 Å². The predicted octanol–water partition coefficient (Wildman–Crippen LogP) is 1.95. The van der Waals surface area contributed by atoms with E-state index < -0.39 is 6.10 Å². The van der Waals surface area contributed by atoms with Gasteiger partial charge >= 0.3 is 0 Å². The highest BCUT2D eigenvalue weighted by Crippen LogP contribution is 2.30. The minimum absolute atomic E-state index is 0.156. The largest absolute Gasteiger partial charge is 0.485 e. The van der Waals surface area contributed by atoms with Crippen LogP contribution >= 0.6 is 11.3 Å². The molecule has 5 nitrogen and oxygen atoms in total. The lowest BCUT2D eigenvalue weighted by molar-refractivity contribution is -0.130. The lowest BCUT2D eigenvalue weighted by Gasteiger charge is -2.25. The molecule has 1 atom stereocenters. The molecule has 0 bridgehead atoms. The summed E-state index contributed by atoms with van der Waals surface area (Å²) in [6.45, 7) is 2.75. The van der Waals surface area contributed by atoms with Crippen LogP contribution in [0.1, 0.15) is 10.7 Å². The third kappa shape index (κ3) is 3.33. The number of carbonyl (C=O) groups excluding carboxylic acids is 1. The fraction of sp³-hybridized carbons (Fsp3) is 0.333. The van der Waals surface area contributed by atoms with Crippen LogP contribution in [0, 0.1) is 6.92 Å². The van der Waals surface area contributed by atoms with Crippen molar-refractivity contribution in [1.29, 1.82) is 0 Å². The number of fused-ring (bicyclic) bond motifs is 1. The molecular weight excluding hydrogens is 288 g/mol. The van der Waals surface area contributed by atoms with Gasteiger partial charge in [-0.2, -0.15) is 0 Å². The number of nitrogens with one attached hydrogen (secondary N) is 1. The summed E-state index contributed by atoms with van der Waals surface area (Å²) >= 11 is 1.62. The average Bonchev–Trinajstić information content (AvgIpc) is 2.92. The van der Waals surface area contributed by atoms with Crippen LogP contribution in [0.5, 0.6) is 11.5 Å². The number of nitrogens with zero attached hydrogens (tertiary/aromatic N) is 1. The van der Waals surface area contributed by atoms with Crippen molar-refractivity contribution in [2.24, 2.45) is 0 Å². The van der Waals surface area contributed by atoms with Crippen LogP contribution in [0.15, 0.2) is 29.6 Å². The quantitative estimate of drug-likeness (QED) is 0.938. The minimum atomic E-state index is -0.600. The second-order valence-electron chi connectivity index (χ2n) is 4.76. The molecule has 0 unspecified atom stereocenters. The fourth-order valence-corrected chi connectivity index (χ4v) is 2.75. The number of hydrogen-bond acceptors (Lipinski definition) is 5. The first-order chi connectivity index (χ1) is 10.2. The van der Waals surface area contributed by atoms with E-state index in [2.05, 4.69) is 10.3 Å². The van der Waals surface area contributed by atoms with Crippen molar-refractivity contribution < 1.29 is 14.3 Å². The molecule has 0 radical (unpaired) electrons. The zero-order chi connectivity index (χ0) is 14.7. The Bertz CT molecular complexity index is 641. The summed E-state index contributed by atoms with van der Waals surface area (Å²) < 4.78 is 11.2. The SMILES string of the molecule is Cc1nc(CCNC(=O)[C@H]2COc3ccccc3O2)cs1. The molecule has 0 fully saturated rings. The van der Waals surface area contributed by atoms with E-state index in [1.807, 2.05) is 30.5 Å². The first-order valence-electron chi connectivity index (χ1n) is 6.79. The van der Waals surface area contributed by atoms with E-state index in [1.54, 1.807) is 17.4 Å². The lowest BCUT2D eigenvalue weighted by Crippen LogP contribution is -2.44. The number of carbonyl (C=O) groups is 1. The van der Waals surface area contributed by atoms with Crippen molar-refractivity contribution >= 4 is 17.2 Å². The van der Waals surface area contributed by atoms with Crippen molar-refractivity contribution in [3.63, 3.8) is 0 Å². The van der Waals surface area contributed by atoms with Crippen LogP contribution in [-0.4, -0.2) is 30.1 Å². The van der Waals surface area contributed by atoms with Gasteiger partial charge in [0.25, 0.3) is 5.91 Å². The molecule has 1 amide bonds. The van der Waals surface area contributed by atoms with Crippen molar-refractivity contribution in [1.82, 2.24) is 10.3 Å². The van der Waals surface area contributed by atoms with E-state index in [-0.39, 0.29) is 12.5 Å². The molecule has 0 saturated heterocycles. The highest BCUT2D eigenvalue weighted by Gasteiger charge is 2.26. The Morgan fingerprint density at radius 1 is 1.43 bits per heavy atom. The van der Waals surface area contributed by atoms with Gasteiger partial charge in [0.2, 0.25) is 6.10 Å². The van der Waals surface area contributed by atoms with Crippen molar-refractivity contribution in [2.75, 3.05) is 13.2 Å². The van der Waals surface area contributed by atoms with Gasteiger partial charge in [-0.1, -0.05) is 12.1 Å². The summed E-state index contributed by atoms with van der Waals surface area (Å²) in [6, 6.07) is 7.35. The van der Waals surface area contributed by atoms with Crippen molar-refractivity contribution in [2.45, 2.75) is 19.4 Å². The van der Waals surface area contributed by atoms with Gasteiger partial charge in [-0.15, -0.1) is 11.3 Å². The Morgan fingerprint density at radius 3 is 3.00 bits per heavy atom. The number of aromatic nitrogens is 1. The Morgan fingerprint density at radius 2 is 2.24 bits per heavy atom. The number of aryl methyl sites for hydroxylation is 1. The molecular formula is C15H16N2O3S. The van der Waals surface area contributed by atoms with Crippen LogP contribution in [0.4, 0.5) is 0 Å². The smallest absolute Gasteiger partial charge is 0.264 e. The Labute approximate surface area is 126 Å². The summed E-state index contributed by atoms with van der Waals surface area (Å²) in [6.07, 6.45) is 0.123. The maximum Gasteiger partial charge on any atom is 0.264 e. The third-order valence-electron chi connectivity index (χ3n) is 3.15. The van der Waals surface area contributed by atoms with Gasteiger partial charge in [0.05, 0.1) is 10.7 Å². The van der Waals surface area contributed by atoms with Crippen molar-refractivity contribution in [3.05, 3.63) is 40.3 Å². The Hall–Kier alpha value is -2.08. The summed E-state index contributed by atoms with van der Waals surface area (Å²) in [7, 11) is 0. The van der Waals surface area contributed by atoms with Crippen LogP contribution in [-0.2, 0) is 11.2 Å². The van der Waals surface area contributed by atoms with Crippen LogP contribution < -0.4 is 14.8 Å². The second-order valence-corrected chi connectivity index (χ2v) is 5.83. The maximum absolute atomic E-state index is 12.1. The number of hydrogen-bond donors (Lipinski definition) is 1. The number of ether oxygens (including phenoxy) is 2. The average molecular weight is 304 g/mol. The number of para-hydroxylation sites is 2. The molecule has 1 aliphatic rings. The van der Waals surface area contributed by atoms with E-state index in [4.69, 9.17) is 9.47 Å². The van der Waals surface area contributed by atoms with Gasteiger partial charge < -0.3 is 14.8 Å². The summed E-state index contributed by atoms with van der Waals surface area (Å²) in [5, 5.41) is 5.91. The molecule has 1 aliphatic heterocycles. The zero-order valence-electron chi connectivity index (χ0n) is 11.7. The van der Waals surface area contributed by atoms with Crippen LogP contribution in [0.2, 0.25) is 0 Å². The molecule has 6 heteroatoms. The summed E-state index contributed by atoms with van der Waals surface area (Å²) in [4.78, 5) is 16.4. The molecule has 1 aromatic carbocycles. The van der Waals surface area contributed by atoms with E-state index in [0.717, 1.165) is 17.1 Å². The van der Waals surface area contributed by atoms with Gasteiger partial charge in [-0.05, 0) is 19.1 Å². The molecule has 0 aliphatic carbocycles. The summed E-state index contributed by atoms with van der Waals surface area (Å²) in [5.74, 6) is 1.13. The molecule has 1 N–H and O–H groups in total.